The molecule has 0 saturated heterocycles. The maximum absolute atomic E-state index is 10.6. The van der Waals surface area contributed by atoms with E-state index in [1.807, 2.05) is 0 Å². The first kappa shape index (κ1) is 12.9. The molecule has 1 aliphatic carbocycles. The van der Waals surface area contributed by atoms with Crippen molar-refractivity contribution in [1.29, 1.82) is 0 Å². The number of rotatable bonds is 5. The number of nitrogens with two attached hydrogens (primary N) is 1. The molecule has 0 aromatic carbocycles. The van der Waals surface area contributed by atoms with Crippen LogP contribution in [0.25, 0.3) is 0 Å². The molecule has 0 unspecified atom stereocenters. The van der Waals surface area contributed by atoms with Gasteiger partial charge in [-0.05, 0) is 12.8 Å². The zero-order valence-corrected chi connectivity index (χ0v) is 9.72. The van der Waals surface area contributed by atoms with Crippen LogP contribution >= 0.6 is 0 Å². The highest BCUT2D eigenvalue weighted by Gasteiger charge is 2.28. The number of hydrogen-bond acceptors (Lipinski definition) is 4. The van der Waals surface area contributed by atoms with Crippen molar-refractivity contribution in [3.8, 4) is 0 Å². The van der Waals surface area contributed by atoms with Crippen molar-refractivity contribution in [3.05, 3.63) is 0 Å². The van der Waals surface area contributed by atoms with Gasteiger partial charge in [0.05, 0.1) is 11.4 Å². The van der Waals surface area contributed by atoms with E-state index in [9.17, 15) is 13.5 Å². The van der Waals surface area contributed by atoms with Gasteiger partial charge in [0.1, 0.15) is 0 Å². The van der Waals surface area contributed by atoms with Crippen LogP contribution in [0.2, 0.25) is 0 Å². The quantitative estimate of drug-likeness (QED) is 0.564. The fourth-order valence-corrected chi connectivity index (χ4v) is 2.35. The lowest BCUT2D eigenvalue weighted by molar-refractivity contribution is 0.00543. The minimum absolute atomic E-state index is 0.0803. The van der Waals surface area contributed by atoms with Gasteiger partial charge in [-0.25, -0.2) is 13.6 Å². The molecule has 0 spiro atoms. The van der Waals surface area contributed by atoms with Crippen molar-refractivity contribution in [2.75, 3.05) is 18.8 Å². The second kappa shape index (κ2) is 5.25. The molecule has 1 fully saturated rings. The van der Waals surface area contributed by atoms with E-state index in [4.69, 9.17) is 5.14 Å². The summed E-state index contributed by atoms with van der Waals surface area (Å²) in [7, 11) is -3.39. The fraction of sp³-hybridized carbons (Fsp3) is 1.00. The van der Waals surface area contributed by atoms with E-state index < -0.39 is 15.6 Å². The number of primary sulfonamides is 1. The Morgan fingerprint density at radius 3 is 2.40 bits per heavy atom. The van der Waals surface area contributed by atoms with Crippen LogP contribution in [-0.4, -0.2) is 38.0 Å². The second-order valence-electron chi connectivity index (χ2n) is 4.33. The molecule has 6 heteroatoms. The van der Waals surface area contributed by atoms with Crippen molar-refractivity contribution in [1.82, 2.24) is 5.32 Å². The van der Waals surface area contributed by atoms with Gasteiger partial charge < -0.3 is 10.4 Å². The van der Waals surface area contributed by atoms with Crippen molar-refractivity contribution in [2.45, 2.75) is 37.7 Å². The van der Waals surface area contributed by atoms with Gasteiger partial charge in [0.2, 0.25) is 10.0 Å². The molecular formula is C9H20N2O3S. The molecule has 0 heterocycles. The van der Waals surface area contributed by atoms with Gasteiger partial charge in [-0.1, -0.05) is 19.3 Å². The molecule has 1 rings (SSSR count). The van der Waals surface area contributed by atoms with Gasteiger partial charge in [0.25, 0.3) is 0 Å². The van der Waals surface area contributed by atoms with E-state index >= 15 is 0 Å². The average Bonchev–Trinajstić information content (AvgIpc) is 2.12. The second-order valence-corrected chi connectivity index (χ2v) is 6.06. The topological polar surface area (TPSA) is 92.4 Å². The molecule has 0 bridgehead atoms. The Morgan fingerprint density at radius 2 is 1.87 bits per heavy atom. The molecule has 5 nitrogen and oxygen atoms in total. The number of hydrogen-bond donors (Lipinski definition) is 3. The highest BCUT2D eigenvalue weighted by Crippen LogP contribution is 2.27. The lowest BCUT2D eigenvalue weighted by Crippen LogP contribution is -2.43. The van der Waals surface area contributed by atoms with E-state index in [0.29, 0.717) is 13.1 Å². The summed E-state index contributed by atoms with van der Waals surface area (Å²) in [4.78, 5) is 0. The van der Waals surface area contributed by atoms with Gasteiger partial charge in [0, 0.05) is 13.1 Å². The predicted molar refractivity (Wildman–Crippen MR) is 58.9 cm³/mol. The number of nitrogens with one attached hydrogen (secondary N) is 1. The van der Waals surface area contributed by atoms with Crippen LogP contribution in [0.1, 0.15) is 32.1 Å². The smallest absolute Gasteiger partial charge is 0.210 e. The third-order valence-corrected chi connectivity index (χ3v) is 3.57. The number of sulfonamides is 1. The van der Waals surface area contributed by atoms with E-state index in [0.717, 1.165) is 25.7 Å². The standard InChI is InChI=1S/C9H20N2O3S/c10-15(13,14)7-6-11-8-9(12)4-2-1-3-5-9/h11-12H,1-8H2,(H2,10,13,14). The first-order chi connectivity index (χ1) is 6.91. The first-order valence-corrected chi connectivity index (χ1v) is 7.06. The Labute approximate surface area is 91.1 Å². The summed E-state index contributed by atoms with van der Waals surface area (Å²) in [6.45, 7) is 0.768. The summed E-state index contributed by atoms with van der Waals surface area (Å²) >= 11 is 0. The molecule has 0 aromatic rings. The van der Waals surface area contributed by atoms with Crippen LogP contribution in [0.4, 0.5) is 0 Å². The summed E-state index contributed by atoms with van der Waals surface area (Å²) in [5.41, 5.74) is -0.642. The minimum Gasteiger partial charge on any atom is -0.389 e. The lowest BCUT2D eigenvalue weighted by Gasteiger charge is -2.32. The van der Waals surface area contributed by atoms with E-state index in [1.54, 1.807) is 0 Å². The van der Waals surface area contributed by atoms with Crippen molar-refractivity contribution in [2.24, 2.45) is 5.14 Å². The Hall–Kier alpha value is -0.170. The van der Waals surface area contributed by atoms with Crippen molar-refractivity contribution < 1.29 is 13.5 Å². The van der Waals surface area contributed by atoms with Crippen LogP contribution in [0.5, 0.6) is 0 Å². The molecule has 1 saturated carbocycles. The Morgan fingerprint density at radius 1 is 1.27 bits per heavy atom. The third kappa shape index (κ3) is 5.46. The van der Waals surface area contributed by atoms with Crippen LogP contribution < -0.4 is 10.5 Å². The highest BCUT2D eigenvalue weighted by atomic mass is 32.2. The molecule has 90 valence electrons. The summed E-state index contributed by atoms with van der Waals surface area (Å²) in [6.07, 6.45) is 4.88. The first-order valence-electron chi connectivity index (χ1n) is 5.35. The van der Waals surface area contributed by atoms with E-state index in [-0.39, 0.29) is 5.75 Å². The monoisotopic (exact) mass is 236 g/mol. The SMILES string of the molecule is NS(=O)(=O)CCNCC1(O)CCCCC1. The van der Waals surface area contributed by atoms with Crippen LogP contribution in [0.3, 0.4) is 0 Å². The highest BCUT2D eigenvalue weighted by molar-refractivity contribution is 7.89. The van der Waals surface area contributed by atoms with Crippen molar-refractivity contribution in [3.63, 3.8) is 0 Å². The number of aliphatic hydroxyl groups is 1. The predicted octanol–water partition coefficient (Wildman–Crippen LogP) is -0.440. The van der Waals surface area contributed by atoms with E-state index in [2.05, 4.69) is 5.32 Å². The van der Waals surface area contributed by atoms with Gasteiger partial charge >= 0.3 is 0 Å². The molecule has 0 atom stereocenters. The largest absolute Gasteiger partial charge is 0.389 e. The molecular weight excluding hydrogens is 216 g/mol. The normalized spacial score (nSPS) is 21.5. The summed E-state index contributed by atoms with van der Waals surface area (Å²) in [6, 6.07) is 0. The van der Waals surface area contributed by atoms with Crippen LogP contribution in [0, 0.1) is 0 Å². The minimum atomic E-state index is -3.39. The summed E-state index contributed by atoms with van der Waals surface area (Å²) in [5, 5.41) is 17.9. The lowest BCUT2D eigenvalue weighted by atomic mass is 9.85. The van der Waals surface area contributed by atoms with E-state index in [1.165, 1.54) is 6.42 Å². The third-order valence-electron chi connectivity index (χ3n) is 2.80. The molecule has 0 aromatic heterocycles. The van der Waals surface area contributed by atoms with Crippen LogP contribution in [-0.2, 0) is 10.0 Å². The summed E-state index contributed by atoms with van der Waals surface area (Å²) in [5.74, 6) is -0.0803. The van der Waals surface area contributed by atoms with Gasteiger partial charge in [-0.2, -0.15) is 0 Å². The van der Waals surface area contributed by atoms with Gasteiger partial charge in [0.15, 0.2) is 0 Å². The molecule has 0 amide bonds. The molecule has 4 N–H and O–H groups in total. The van der Waals surface area contributed by atoms with Crippen molar-refractivity contribution >= 4 is 10.0 Å². The Kier molecular flexibility index (Phi) is 4.51. The van der Waals surface area contributed by atoms with Gasteiger partial charge in [-0.3, -0.25) is 0 Å². The van der Waals surface area contributed by atoms with Crippen LogP contribution in [0.15, 0.2) is 0 Å². The maximum Gasteiger partial charge on any atom is 0.210 e. The zero-order valence-electron chi connectivity index (χ0n) is 8.91. The van der Waals surface area contributed by atoms with Gasteiger partial charge in [-0.15, -0.1) is 0 Å². The Balaban J connectivity index is 2.19. The molecule has 15 heavy (non-hydrogen) atoms. The maximum atomic E-state index is 10.6. The zero-order chi connectivity index (χ0) is 11.4. The Bertz CT molecular complexity index is 284. The average molecular weight is 236 g/mol. The fourth-order valence-electron chi connectivity index (χ4n) is 1.92. The molecule has 0 aliphatic heterocycles. The summed E-state index contributed by atoms with van der Waals surface area (Å²) < 4.78 is 21.3. The molecule has 0 radical (unpaired) electrons. The molecule has 1 aliphatic rings.